The number of hydrogen-bond donors (Lipinski definition) is 0. The van der Waals surface area contributed by atoms with E-state index in [1.807, 2.05) is 37.3 Å². The van der Waals surface area contributed by atoms with Crippen LogP contribution >= 0.6 is 0 Å². The van der Waals surface area contributed by atoms with E-state index in [0.29, 0.717) is 33.0 Å². The minimum atomic E-state index is -0.451. The van der Waals surface area contributed by atoms with Gasteiger partial charge in [-0.15, -0.1) is 0 Å². The van der Waals surface area contributed by atoms with Crippen molar-refractivity contribution in [3.63, 3.8) is 0 Å². The van der Waals surface area contributed by atoms with E-state index >= 15 is 0 Å². The summed E-state index contributed by atoms with van der Waals surface area (Å²) in [5.74, 6) is 1.23. The summed E-state index contributed by atoms with van der Waals surface area (Å²) in [6.07, 6.45) is 1.12. The van der Waals surface area contributed by atoms with Crippen LogP contribution in [0.15, 0.2) is 43.0 Å². The highest BCUT2D eigenvalue weighted by molar-refractivity contribution is 5.94. The lowest BCUT2D eigenvalue weighted by atomic mass is 10.0. The van der Waals surface area contributed by atoms with Crippen molar-refractivity contribution in [2.24, 2.45) is 0 Å². The molecule has 2 aromatic carbocycles. The van der Waals surface area contributed by atoms with E-state index in [0.717, 1.165) is 33.9 Å². The van der Waals surface area contributed by atoms with Gasteiger partial charge in [0.1, 0.15) is 24.7 Å². The molecule has 0 bridgehead atoms. The SMILES string of the molecule is C=CC(=O)OCCOCCOCCOc1c(C)cc(OC)c2ccccc12. The van der Waals surface area contributed by atoms with Crippen LogP contribution in [0.5, 0.6) is 11.5 Å². The van der Waals surface area contributed by atoms with Crippen LogP contribution in [0.4, 0.5) is 0 Å². The first kappa shape index (κ1) is 20.7. The Morgan fingerprint density at radius 3 is 2.30 bits per heavy atom. The number of hydrogen-bond acceptors (Lipinski definition) is 6. The van der Waals surface area contributed by atoms with E-state index in [-0.39, 0.29) is 6.61 Å². The standard InChI is InChI=1S/C21H26O6/c1-4-20(22)26-13-11-24-9-10-25-12-14-27-21-16(2)15-19(23-3)17-7-5-6-8-18(17)21/h4-8,15H,1,9-14H2,2-3H3. The summed E-state index contributed by atoms with van der Waals surface area (Å²) in [6.45, 7) is 7.61. The molecule has 0 radical (unpaired) electrons. The molecule has 0 N–H and O–H groups in total. The predicted molar refractivity (Wildman–Crippen MR) is 104 cm³/mol. The molecule has 27 heavy (non-hydrogen) atoms. The molecular weight excluding hydrogens is 348 g/mol. The van der Waals surface area contributed by atoms with Crippen LogP contribution in [0.1, 0.15) is 5.56 Å². The Morgan fingerprint density at radius 2 is 1.63 bits per heavy atom. The van der Waals surface area contributed by atoms with Crippen LogP contribution < -0.4 is 9.47 Å². The molecule has 2 aromatic rings. The van der Waals surface area contributed by atoms with E-state index in [1.165, 1.54) is 0 Å². The van der Waals surface area contributed by atoms with Crippen LogP contribution in [0.3, 0.4) is 0 Å². The van der Waals surface area contributed by atoms with Crippen LogP contribution in [0.25, 0.3) is 10.8 Å². The van der Waals surface area contributed by atoms with Crippen LogP contribution in [0, 0.1) is 6.92 Å². The molecule has 2 rings (SSSR count). The minimum Gasteiger partial charge on any atom is -0.496 e. The molecule has 0 fully saturated rings. The Bertz CT molecular complexity index is 756. The lowest BCUT2D eigenvalue weighted by molar-refractivity contribution is -0.139. The summed E-state index contributed by atoms with van der Waals surface area (Å²) >= 11 is 0. The van der Waals surface area contributed by atoms with Gasteiger partial charge in [-0.3, -0.25) is 0 Å². The van der Waals surface area contributed by atoms with Gasteiger partial charge in [0.25, 0.3) is 0 Å². The van der Waals surface area contributed by atoms with Gasteiger partial charge in [0, 0.05) is 16.8 Å². The Morgan fingerprint density at radius 1 is 1.00 bits per heavy atom. The van der Waals surface area contributed by atoms with Crippen molar-refractivity contribution in [2.75, 3.05) is 46.8 Å². The van der Waals surface area contributed by atoms with Crippen molar-refractivity contribution >= 4 is 16.7 Å². The first-order valence-electron chi connectivity index (χ1n) is 8.81. The third-order valence-electron chi connectivity index (χ3n) is 3.85. The van der Waals surface area contributed by atoms with Crippen molar-refractivity contribution in [3.8, 4) is 11.5 Å². The molecule has 6 nitrogen and oxygen atoms in total. The molecule has 0 aliphatic rings. The Kier molecular flexibility index (Phi) is 8.61. The minimum absolute atomic E-state index is 0.206. The number of methoxy groups -OCH3 is 1. The van der Waals surface area contributed by atoms with Gasteiger partial charge in [0.2, 0.25) is 0 Å². The third kappa shape index (κ3) is 6.27. The number of benzene rings is 2. The summed E-state index contributed by atoms with van der Waals surface area (Å²) in [4.78, 5) is 10.8. The van der Waals surface area contributed by atoms with Crippen molar-refractivity contribution in [1.82, 2.24) is 0 Å². The van der Waals surface area contributed by atoms with E-state index in [9.17, 15) is 4.79 Å². The fraction of sp³-hybridized carbons (Fsp3) is 0.381. The highest BCUT2D eigenvalue weighted by Crippen LogP contribution is 2.36. The fourth-order valence-electron chi connectivity index (χ4n) is 2.59. The molecule has 0 spiro atoms. The maximum atomic E-state index is 10.8. The highest BCUT2D eigenvalue weighted by atomic mass is 16.6. The molecule has 0 saturated heterocycles. The Hall–Kier alpha value is -2.57. The summed E-state index contributed by atoms with van der Waals surface area (Å²) in [6, 6.07) is 9.97. The zero-order valence-electron chi connectivity index (χ0n) is 15.9. The van der Waals surface area contributed by atoms with E-state index < -0.39 is 5.97 Å². The molecular formula is C21H26O6. The predicted octanol–water partition coefficient (Wildman–Crippen LogP) is 3.30. The molecule has 0 aromatic heterocycles. The summed E-state index contributed by atoms with van der Waals surface area (Å²) < 4.78 is 27.0. The number of carbonyl (C=O) groups excluding carboxylic acids is 1. The van der Waals surface area contributed by atoms with Gasteiger partial charge < -0.3 is 23.7 Å². The number of aryl methyl sites for hydroxylation is 1. The molecule has 6 heteroatoms. The summed E-state index contributed by atoms with van der Waals surface area (Å²) in [5, 5.41) is 2.04. The first-order chi connectivity index (χ1) is 13.2. The van der Waals surface area contributed by atoms with Crippen LogP contribution in [-0.4, -0.2) is 52.7 Å². The summed E-state index contributed by atoms with van der Waals surface area (Å²) in [5.41, 5.74) is 1.02. The molecule has 0 unspecified atom stereocenters. The lowest BCUT2D eigenvalue weighted by Crippen LogP contribution is -2.14. The average molecular weight is 374 g/mol. The van der Waals surface area contributed by atoms with Crippen LogP contribution in [0.2, 0.25) is 0 Å². The van der Waals surface area contributed by atoms with Crippen molar-refractivity contribution in [3.05, 3.63) is 48.6 Å². The Balaban J connectivity index is 1.70. The monoisotopic (exact) mass is 374 g/mol. The number of carbonyl (C=O) groups is 1. The quantitative estimate of drug-likeness (QED) is 0.323. The van der Waals surface area contributed by atoms with Crippen molar-refractivity contribution in [2.45, 2.75) is 6.92 Å². The van der Waals surface area contributed by atoms with Crippen molar-refractivity contribution < 1.29 is 28.5 Å². The zero-order chi connectivity index (χ0) is 19.5. The molecule has 0 aliphatic heterocycles. The maximum Gasteiger partial charge on any atom is 0.330 e. The van der Waals surface area contributed by atoms with Gasteiger partial charge in [0.05, 0.1) is 33.5 Å². The molecule has 0 amide bonds. The van der Waals surface area contributed by atoms with Gasteiger partial charge >= 0.3 is 5.97 Å². The van der Waals surface area contributed by atoms with Gasteiger partial charge in [0.15, 0.2) is 0 Å². The molecule has 0 aliphatic carbocycles. The molecule has 0 heterocycles. The number of esters is 1. The largest absolute Gasteiger partial charge is 0.496 e. The van der Waals surface area contributed by atoms with Gasteiger partial charge in [-0.05, 0) is 18.6 Å². The van der Waals surface area contributed by atoms with Crippen molar-refractivity contribution in [1.29, 1.82) is 0 Å². The van der Waals surface area contributed by atoms with E-state index in [4.69, 9.17) is 23.7 Å². The molecule has 0 atom stereocenters. The second-order valence-corrected chi connectivity index (χ2v) is 5.72. The number of ether oxygens (including phenoxy) is 5. The average Bonchev–Trinajstić information content (AvgIpc) is 2.70. The Labute approximate surface area is 159 Å². The molecule has 0 saturated carbocycles. The van der Waals surface area contributed by atoms with Gasteiger partial charge in [-0.25, -0.2) is 4.79 Å². The first-order valence-corrected chi connectivity index (χ1v) is 8.81. The van der Waals surface area contributed by atoms with E-state index in [1.54, 1.807) is 7.11 Å². The lowest BCUT2D eigenvalue weighted by Gasteiger charge is -2.15. The topological polar surface area (TPSA) is 63.2 Å². The highest BCUT2D eigenvalue weighted by Gasteiger charge is 2.11. The second kappa shape index (κ2) is 11.2. The normalized spacial score (nSPS) is 10.6. The van der Waals surface area contributed by atoms with E-state index in [2.05, 4.69) is 6.58 Å². The fourth-order valence-corrected chi connectivity index (χ4v) is 2.59. The van der Waals surface area contributed by atoms with Crippen LogP contribution in [-0.2, 0) is 19.0 Å². The smallest absolute Gasteiger partial charge is 0.330 e. The van der Waals surface area contributed by atoms with Gasteiger partial charge in [-0.1, -0.05) is 30.8 Å². The zero-order valence-corrected chi connectivity index (χ0v) is 15.9. The second-order valence-electron chi connectivity index (χ2n) is 5.72. The molecule has 146 valence electrons. The van der Waals surface area contributed by atoms with Gasteiger partial charge in [-0.2, -0.15) is 0 Å². The third-order valence-corrected chi connectivity index (χ3v) is 3.85. The summed E-state index contributed by atoms with van der Waals surface area (Å²) in [7, 11) is 1.67. The number of rotatable bonds is 12. The number of fused-ring (bicyclic) bond motifs is 1. The maximum absolute atomic E-state index is 10.8.